The highest BCUT2D eigenvalue weighted by Crippen LogP contribution is 2.16. The van der Waals surface area contributed by atoms with Gasteiger partial charge >= 0.3 is 0 Å². The Morgan fingerprint density at radius 1 is 1.42 bits per heavy atom. The molecule has 1 aromatic heterocycles. The summed E-state index contributed by atoms with van der Waals surface area (Å²) in [5.41, 5.74) is 5.29. The SMILES string of the molecule is [2H]c1c(N)nnc(N2C([2H])([2H])C([2H])([2H])C([2H])([2H])C2([2H])[2H])c1[2H]. The maximum absolute atomic E-state index is 7.81. The normalized spacial score (nSPS) is 45.8. The van der Waals surface area contributed by atoms with Crippen molar-refractivity contribution < 1.29 is 13.7 Å². The molecular weight excluding hydrogens is 152 g/mol. The van der Waals surface area contributed by atoms with Crippen molar-refractivity contribution in [3.63, 3.8) is 0 Å². The molecule has 1 aliphatic rings. The summed E-state index contributed by atoms with van der Waals surface area (Å²) >= 11 is 0. The predicted octanol–water partition coefficient (Wildman–Crippen LogP) is 0.659. The number of nitrogens with zero attached hydrogens (tertiary/aromatic N) is 3. The van der Waals surface area contributed by atoms with Gasteiger partial charge in [-0.1, -0.05) is 0 Å². The minimum Gasteiger partial charge on any atom is -0.382 e. The van der Waals surface area contributed by atoms with Gasteiger partial charge in [-0.15, -0.1) is 10.2 Å². The summed E-state index contributed by atoms with van der Waals surface area (Å²) in [5.74, 6) is -1.22. The Labute approximate surface area is 85.4 Å². The molecule has 1 aliphatic heterocycles. The van der Waals surface area contributed by atoms with Crippen LogP contribution in [0, 0.1) is 0 Å². The Kier molecular flexibility index (Phi) is 0.526. The zero-order valence-electron chi connectivity index (χ0n) is 15.9. The van der Waals surface area contributed by atoms with Crippen LogP contribution in [0.3, 0.4) is 0 Å². The molecular formula is C8H12N4. The van der Waals surface area contributed by atoms with Crippen LogP contribution in [0.1, 0.15) is 26.5 Å². The smallest absolute Gasteiger partial charge is 0.151 e. The Morgan fingerprint density at radius 2 is 2.17 bits per heavy atom. The molecule has 2 rings (SSSR count). The van der Waals surface area contributed by atoms with E-state index in [0.29, 0.717) is 0 Å². The zero-order valence-corrected chi connectivity index (χ0v) is 5.92. The monoisotopic (exact) mass is 174 g/mol. The standard InChI is InChI=1S/C8H12N4/c9-7-3-4-8(11-10-7)12-5-1-2-6-12/h3-4H,1-2,5-6H2,(H2,9,10)/i1D2,2D2,3D,4D,5D2,6D2. The first-order valence-electron chi connectivity index (χ1n) is 8.11. The number of anilines is 2. The van der Waals surface area contributed by atoms with Crippen LogP contribution in [-0.2, 0) is 0 Å². The molecule has 2 heterocycles. The molecule has 2 N–H and O–H groups in total. The minimum absolute atomic E-state index is 0.0762. The first-order valence-corrected chi connectivity index (χ1v) is 3.11. The van der Waals surface area contributed by atoms with Crippen molar-refractivity contribution in [1.29, 1.82) is 0 Å². The van der Waals surface area contributed by atoms with E-state index in [-0.39, 0.29) is 4.90 Å². The van der Waals surface area contributed by atoms with Gasteiger partial charge < -0.3 is 10.6 Å². The van der Waals surface area contributed by atoms with Crippen LogP contribution in [0.5, 0.6) is 0 Å². The predicted molar refractivity (Wildman–Crippen MR) is 47.9 cm³/mol. The number of rotatable bonds is 1. The highest BCUT2D eigenvalue weighted by molar-refractivity contribution is 5.41. The third kappa shape index (κ3) is 1.32. The van der Waals surface area contributed by atoms with Gasteiger partial charge in [0.25, 0.3) is 0 Å². The summed E-state index contributed by atoms with van der Waals surface area (Å²) in [5, 5.41) is 6.68. The van der Waals surface area contributed by atoms with Crippen LogP contribution in [0.2, 0.25) is 0 Å². The van der Waals surface area contributed by atoms with E-state index in [0.717, 1.165) is 0 Å². The number of nitrogens with two attached hydrogens (primary N) is 1. The highest BCUT2D eigenvalue weighted by Gasteiger charge is 2.12. The van der Waals surface area contributed by atoms with E-state index in [2.05, 4.69) is 10.2 Å². The lowest BCUT2D eigenvalue weighted by molar-refractivity contribution is 0.897. The third-order valence-corrected chi connectivity index (χ3v) is 1.16. The van der Waals surface area contributed by atoms with E-state index in [1.807, 2.05) is 0 Å². The average molecular weight is 174 g/mol. The zero-order chi connectivity index (χ0) is 17.3. The Balaban J connectivity index is 2.78. The maximum Gasteiger partial charge on any atom is 0.151 e. The second-order valence-electron chi connectivity index (χ2n) is 1.97. The van der Waals surface area contributed by atoms with Crippen LogP contribution in [0.25, 0.3) is 0 Å². The van der Waals surface area contributed by atoms with Crippen LogP contribution < -0.4 is 10.6 Å². The number of hydrogen-bond donors (Lipinski definition) is 1. The van der Waals surface area contributed by atoms with Gasteiger partial charge in [-0.3, -0.25) is 0 Å². The van der Waals surface area contributed by atoms with Gasteiger partial charge in [0.05, 0.1) is 2.74 Å². The van der Waals surface area contributed by atoms with E-state index in [1.54, 1.807) is 0 Å². The topological polar surface area (TPSA) is 55.0 Å². The first-order chi connectivity index (χ1) is 9.71. The molecule has 64 valence electrons. The van der Waals surface area contributed by atoms with E-state index < -0.39 is 49.5 Å². The summed E-state index contributed by atoms with van der Waals surface area (Å²) in [6.07, 6.45) is -6.50. The molecule has 1 aromatic rings. The molecule has 0 saturated carbocycles. The van der Waals surface area contributed by atoms with E-state index in [4.69, 9.17) is 19.4 Å². The van der Waals surface area contributed by atoms with Gasteiger partial charge in [0.15, 0.2) is 5.82 Å². The molecule has 0 spiro atoms. The number of hydrogen-bond acceptors (Lipinski definition) is 4. The number of aromatic nitrogens is 2. The quantitative estimate of drug-likeness (QED) is 0.679. The summed E-state index contributed by atoms with van der Waals surface area (Å²) in [4.78, 5) is 0.0762. The molecule has 4 nitrogen and oxygen atoms in total. The summed E-state index contributed by atoms with van der Waals surface area (Å²) in [6.45, 7) is -6.35. The molecule has 0 aromatic carbocycles. The van der Waals surface area contributed by atoms with Gasteiger partial charge in [-0.25, -0.2) is 0 Å². The summed E-state index contributed by atoms with van der Waals surface area (Å²) in [6, 6.07) is -1.40. The lowest BCUT2D eigenvalue weighted by Crippen LogP contribution is -2.19. The fourth-order valence-electron chi connectivity index (χ4n) is 0.673. The molecule has 1 saturated heterocycles. The lowest BCUT2D eigenvalue weighted by atomic mass is 10.4. The van der Waals surface area contributed by atoms with Crippen LogP contribution in [-0.4, -0.2) is 23.2 Å². The Morgan fingerprint density at radius 3 is 2.92 bits per heavy atom. The van der Waals surface area contributed by atoms with Crippen molar-refractivity contribution in [2.45, 2.75) is 12.7 Å². The first kappa shape index (κ1) is 2.13. The van der Waals surface area contributed by atoms with Gasteiger partial charge in [0.2, 0.25) is 0 Å². The lowest BCUT2D eigenvalue weighted by Gasteiger charge is -2.14. The van der Waals surface area contributed by atoms with Crippen molar-refractivity contribution in [2.24, 2.45) is 0 Å². The summed E-state index contributed by atoms with van der Waals surface area (Å²) < 4.78 is 77.1. The van der Waals surface area contributed by atoms with Gasteiger partial charge in [-0.05, 0) is 24.8 Å². The van der Waals surface area contributed by atoms with Crippen molar-refractivity contribution in [1.82, 2.24) is 10.2 Å². The molecule has 0 bridgehead atoms. The fraction of sp³-hybridized carbons (Fsp3) is 0.500. The third-order valence-electron chi connectivity index (χ3n) is 1.16. The largest absolute Gasteiger partial charge is 0.382 e. The number of nitrogen functional groups attached to an aromatic ring is 1. The molecule has 0 radical (unpaired) electrons. The Hall–Kier alpha value is -1.32. The fourth-order valence-corrected chi connectivity index (χ4v) is 0.673. The average Bonchev–Trinajstić information content (AvgIpc) is 2.44. The van der Waals surface area contributed by atoms with Crippen LogP contribution in [0.4, 0.5) is 11.6 Å². The molecule has 4 heteroatoms. The van der Waals surface area contributed by atoms with Crippen molar-refractivity contribution in [2.75, 3.05) is 23.6 Å². The molecule has 0 aliphatic carbocycles. The van der Waals surface area contributed by atoms with Gasteiger partial charge in [-0.2, -0.15) is 0 Å². The van der Waals surface area contributed by atoms with Crippen molar-refractivity contribution >= 4 is 11.6 Å². The van der Waals surface area contributed by atoms with E-state index in [1.165, 1.54) is 0 Å². The van der Waals surface area contributed by atoms with E-state index in [9.17, 15) is 0 Å². The van der Waals surface area contributed by atoms with Crippen molar-refractivity contribution in [3.8, 4) is 0 Å². The van der Waals surface area contributed by atoms with E-state index >= 15 is 0 Å². The molecule has 0 unspecified atom stereocenters. The highest BCUT2D eigenvalue weighted by atomic mass is 15.3. The van der Waals surface area contributed by atoms with Crippen LogP contribution in [0.15, 0.2) is 12.1 Å². The Bertz CT molecular complexity index is 604. The van der Waals surface area contributed by atoms with Gasteiger partial charge in [0.1, 0.15) is 5.82 Å². The van der Waals surface area contributed by atoms with Crippen molar-refractivity contribution in [3.05, 3.63) is 12.1 Å². The molecule has 0 atom stereocenters. The second-order valence-corrected chi connectivity index (χ2v) is 1.97. The second kappa shape index (κ2) is 2.97. The minimum atomic E-state index is -3.25. The molecule has 12 heavy (non-hydrogen) atoms. The van der Waals surface area contributed by atoms with Crippen LogP contribution >= 0.6 is 0 Å². The van der Waals surface area contributed by atoms with Gasteiger partial charge in [0, 0.05) is 24.0 Å². The summed E-state index contributed by atoms with van der Waals surface area (Å²) in [7, 11) is 0. The molecule has 1 fully saturated rings. The molecule has 0 amide bonds. The maximum atomic E-state index is 7.81.